The van der Waals surface area contributed by atoms with Gasteiger partial charge in [-0.05, 0) is 25.0 Å². The van der Waals surface area contributed by atoms with Crippen molar-refractivity contribution in [3.8, 4) is 0 Å². The maximum Gasteiger partial charge on any atom is 0.227 e. The van der Waals surface area contributed by atoms with E-state index in [9.17, 15) is 9.90 Å². The number of aliphatic hydroxyl groups excluding tert-OH is 1. The molecule has 1 aromatic rings. The van der Waals surface area contributed by atoms with Crippen LogP contribution in [-0.4, -0.2) is 37.4 Å². The molecule has 1 fully saturated rings. The van der Waals surface area contributed by atoms with Crippen molar-refractivity contribution in [3.63, 3.8) is 0 Å². The molecule has 0 spiro atoms. The summed E-state index contributed by atoms with van der Waals surface area (Å²) in [7, 11) is 0. The molecule has 1 aliphatic rings. The van der Waals surface area contributed by atoms with E-state index in [0.29, 0.717) is 25.5 Å². The van der Waals surface area contributed by atoms with E-state index in [0.717, 1.165) is 12.8 Å². The Balaban J connectivity index is 1.80. The summed E-state index contributed by atoms with van der Waals surface area (Å²) >= 11 is 0. The molecule has 0 aromatic carbocycles. The van der Waals surface area contributed by atoms with Gasteiger partial charge in [0, 0.05) is 25.2 Å². The number of ether oxygens (including phenoxy) is 1. The van der Waals surface area contributed by atoms with Crippen LogP contribution in [0.25, 0.3) is 0 Å². The summed E-state index contributed by atoms with van der Waals surface area (Å²) < 4.78 is 10.4. The fourth-order valence-electron chi connectivity index (χ4n) is 2.12. The Morgan fingerprint density at radius 3 is 2.83 bits per heavy atom. The molecule has 1 amide bonds. The van der Waals surface area contributed by atoms with Gasteiger partial charge < -0.3 is 19.6 Å². The summed E-state index contributed by atoms with van der Waals surface area (Å²) in [5, 5.41) is 12.4. The maximum absolute atomic E-state index is 11.7. The van der Waals surface area contributed by atoms with Gasteiger partial charge in [-0.3, -0.25) is 4.79 Å². The number of carbonyl (C=O) groups excluding carboxylic acids is 1. The molecule has 5 heteroatoms. The molecule has 0 saturated carbocycles. The number of nitrogens with one attached hydrogen (secondary N) is 1. The average Bonchev–Trinajstić information content (AvgIpc) is 2.90. The molecule has 1 saturated heterocycles. The average molecular weight is 253 g/mol. The first-order valence-corrected chi connectivity index (χ1v) is 6.22. The monoisotopic (exact) mass is 253 g/mol. The smallest absolute Gasteiger partial charge is 0.227 e. The van der Waals surface area contributed by atoms with Gasteiger partial charge in [-0.2, -0.15) is 0 Å². The zero-order valence-electron chi connectivity index (χ0n) is 10.4. The molecular weight excluding hydrogens is 234 g/mol. The van der Waals surface area contributed by atoms with Gasteiger partial charge in [0.1, 0.15) is 5.76 Å². The van der Waals surface area contributed by atoms with Gasteiger partial charge in [-0.15, -0.1) is 0 Å². The van der Waals surface area contributed by atoms with E-state index >= 15 is 0 Å². The van der Waals surface area contributed by atoms with Crippen molar-refractivity contribution in [3.05, 3.63) is 24.2 Å². The predicted octanol–water partition coefficient (Wildman–Crippen LogP) is 0.727. The molecule has 2 heterocycles. The largest absolute Gasteiger partial charge is 0.469 e. The molecule has 1 aliphatic heterocycles. The Morgan fingerprint density at radius 1 is 1.44 bits per heavy atom. The van der Waals surface area contributed by atoms with Crippen molar-refractivity contribution in [1.29, 1.82) is 0 Å². The molecule has 0 radical (unpaired) electrons. The fourth-order valence-corrected chi connectivity index (χ4v) is 2.12. The zero-order chi connectivity index (χ0) is 12.8. The summed E-state index contributed by atoms with van der Waals surface area (Å²) in [5.74, 6) is 0.571. The first-order chi connectivity index (χ1) is 8.74. The minimum atomic E-state index is -0.225. The van der Waals surface area contributed by atoms with Crippen LogP contribution in [0.1, 0.15) is 18.6 Å². The Bertz CT molecular complexity index is 368. The molecule has 2 N–H and O–H groups in total. The molecule has 2 rings (SSSR count). The van der Waals surface area contributed by atoms with Gasteiger partial charge in [0.2, 0.25) is 5.91 Å². The van der Waals surface area contributed by atoms with Crippen LogP contribution >= 0.6 is 0 Å². The highest BCUT2D eigenvalue weighted by molar-refractivity contribution is 5.77. The molecule has 0 atom stereocenters. The molecule has 5 nitrogen and oxygen atoms in total. The van der Waals surface area contributed by atoms with Crippen LogP contribution in [0.4, 0.5) is 0 Å². The first kappa shape index (κ1) is 13.1. The lowest BCUT2D eigenvalue weighted by Gasteiger charge is -2.35. The van der Waals surface area contributed by atoms with Crippen LogP contribution in [0.15, 0.2) is 22.8 Å². The molecule has 0 aliphatic carbocycles. The second kappa shape index (κ2) is 6.02. The quantitative estimate of drug-likeness (QED) is 0.811. The lowest BCUT2D eigenvalue weighted by atomic mass is 9.81. The van der Waals surface area contributed by atoms with Gasteiger partial charge in [0.05, 0.1) is 19.3 Å². The van der Waals surface area contributed by atoms with E-state index in [-0.39, 0.29) is 24.3 Å². The second-order valence-electron chi connectivity index (χ2n) is 4.80. The third-order valence-corrected chi connectivity index (χ3v) is 3.46. The molecule has 0 unspecified atom stereocenters. The van der Waals surface area contributed by atoms with Crippen LogP contribution < -0.4 is 5.32 Å². The number of rotatable bonds is 5. The Labute approximate surface area is 106 Å². The third-order valence-electron chi connectivity index (χ3n) is 3.46. The predicted molar refractivity (Wildman–Crippen MR) is 65.0 cm³/mol. The van der Waals surface area contributed by atoms with Crippen LogP contribution in [-0.2, 0) is 16.0 Å². The number of carbonyl (C=O) groups is 1. The summed E-state index contributed by atoms with van der Waals surface area (Å²) in [6.45, 7) is 1.87. The summed E-state index contributed by atoms with van der Waals surface area (Å²) in [4.78, 5) is 11.7. The van der Waals surface area contributed by atoms with E-state index in [1.54, 1.807) is 18.4 Å². The van der Waals surface area contributed by atoms with E-state index in [1.165, 1.54) is 0 Å². The number of hydrogen-bond acceptors (Lipinski definition) is 4. The Kier molecular flexibility index (Phi) is 4.38. The summed E-state index contributed by atoms with van der Waals surface area (Å²) in [6, 6.07) is 3.53. The molecule has 100 valence electrons. The van der Waals surface area contributed by atoms with E-state index in [2.05, 4.69) is 5.32 Å². The molecule has 1 aromatic heterocycles. The molecular formula is C13H19NO4. The van der Waals surface area contributed by atoms with Crippen molar-refractivity contribution < 1.29 is 19.1 Å². The zero-order valence-corrected chi connectivity index (χ0v) is 10.4. The highest BCUT2D eigenvalue weighted by Crippen LogP contribution is 2.28. The molecule has 18 heavy (non-hydrogen) atoms. The van der Waals surface area contributed by atoms with Crippen LogP contribution in [0.5, 0.6) is 0 Å². The van der Waals surface area contributed by atoms with Gasteiger partial charge in [0.25, 0.3) is 0 Å². The third kappa shape index (κ3) is 3.34. The van der Waals surface area contributed by atoms with Gasteiger partial charge in [-0.1, -0.05) is 0 Å². The number of amides is 1. The van der Waals surface area contributed by atoms with Gasteiger partial charge in [-0.25, -0.2) is 0 Å². The highest BCUT2D eigenvalue weighted by atomic mass is 16.5. The van der Waals surface area contributed by atoms with Gasteiger partial charge >= 0.3 is 0 Å². The topological polar surface area (TPSA) is 71.7 Å². The maximum atomic E-state index is 11.7. The number of aliphatic hydroxyl groups is 1. The van der Waals surface area contributed by atoms with Crippen molar-refractivity contribution in [2.75, 3.05) is 26.4 Å². The number of hydrogen-bond donors (Lipinski definition) is 2. The standard InChI is InChI=1S/C13H19NO4/c15-10-13(3-6-17-7-4-13)9-14-12(16)8-11-2-1-5-18-11/h1-2,5,15H,3-4,6-10H2,(H,14,16). The summed E-state index contributed by atoms with van der Waals surface area (Å²) in [6.07, 6.45) is 3.36. The second-order valence-corrected chi connectivity index (χ2v) is 4.80. The van der Waals surface area contributed by atoms with Crippen molar-refractivity contribution in [2.24, 2.45) is 5.41 Å². The van der Waals surface area contributed by atoms with E-state index < -0.39 is 0 Å². The Hall–Kier alpha value is -1.33. The van der Waals surface area contributed by atoms with Crippen molar-refractivity contribution in [1.82, 2.24) is 5.32 Å². The van der Waals surface area contributed by atoms with E-state index in [4.69, 9.17) is 9.15 Å². The van der Waals surface area contributed by atoms with Gasteiger partial charge in [0.15, 0.2) is 0 Å². The number of furan rings is 1. The minimum Gasteiger partial charge on any atom is -0.469 e. The minimum absolute atomic E-state index is 0.0794. The van der Waals surface area contributed by atoms with Crippen molar-refractivity contribution in [2.45, 2.75) is 19.3 Å². The SMILES string of the molecule is O=C(Cc1ccco1)NCC1(CO)CCOCC1. The van der Waals surface area contributed by atoms with E-state index in [1.807, 2.05) is 0 Å². The fraction of sp³-hybridized carbons (Fsp3) is 0.615. The lowest BCUT2D eigenvalue weighted by Crippen LogP contribution is -2.44. The first-order valence-electron chi connectivity index (χ1n) is 6.22. The van der Waals surface area contributed by atoms with Crippen molar-refractivity contribution >= 4 is 5.91 Å². The van der Waals surface area contributed by atoms with Crippen LogP contribution in [0.2, 0.25) is 0 Å². The molecule has 0 bridgehead atoms. The van der Waals surface area contributed by atoms with Crippen LogP contribution in [0.3, 0.4) is 0 Å². The normalized spacial score (nSPS) is 18.5. The highest BCUT2D eigenvalue weighted by Gasteiger charge is 2.32. The summed E-state index contributed by atoms with van der Waals surface area (Å²) in [5.41, 5.74) is -0.225. The van der Waals surface area contributed by atoms with Crippen LogP contribution in [0, 0.1) is 5.41 Å². The lowest BCUT2D eigenvalue weighted by molar-refractivity contribution is -0.122. The Morgan fingerprint density at radius 2 is 2.22 bits per heavy atom.